The molecule has 3 atom stereocenters. The van der Waals surface area contributed by atoms with Crippen molar-refractivity contribution in [3.8, 4) is 5.82 Å². The van der Waals surface area contributed by atoms with E-state index >= 15 is 0 Å². The molecule has 0 N–H and O–H groups in total. The lowest BCUT2D eigenvalue weighted by Gasteiger charge is -2.35. The van der Waals surface area contributed by atoms with E-state index in [1.54, 1.807) is 0 Å². The average Bonchev–Trinajstić information content (AvgIpc) is 3.16. The van der Waals surface area contributed by atoms with Crippen molar-refractivity contribution < 1.29 is 28.2 Å². The Bertz CT molecular complexity index is 915. The summed E-state index contributed by atoms with van der Waals surface area (Å²) < 4.78 is 32.3. The minimum absolute atomic E-state index is 0.0212. The molecule has 0 bridgehead atoms. The van der Waals surface area contributed by atoms with Gasteiger partial charge < -0.3 is 14.2 Å². The van der Waals surface area contributed by atoms with E-state index in [-0.39, 0.29) is 25.5 Å². The molecule has 2 aromatic heterocycles. The van der Waals surface area contributed by atoms with Gasteiger partial charge in [-0.3, -0.25) is 14.2 Å². The molecule has 3 rings (SSSR count). The molecule has 0 spiro atoms. The highest BCUT2D eigenvalue weighted by molar-refractivity contribution is 5.66. The fourth-order valence-corrected chi connectivity index (χ4v) is 2.89. The van der Waals surface area contributed by atoms with Crippen LogP contribution in [0.2, 0.25) is 0 Å². The number of hydrogen-bond acceptors (Lipinski definition) is 9. The van der Waals surface area contributed by atoms with Crippen LogP contribution in [0.25, 0.3) is 5.82 Å². The van der Waals surface area contributed by atoms with E-state index in [9.17, 15) is 18.8 Å². The first kappa shape index (κ1) is 19.6. The molecule has 3 heterocycles. The number of nitrogens with zero attached hydrogens (tertiary/aromatic N) is 5. The molecule has 1 aliphatic rings. The highest BCUT2D eigenvalue weighted by Gasteiger charge is 2.36. The third-order valence-electron chi connectivity index (χ3n) is 4.11. The van der Waals surface area contributed by atoms with Crippen LogP contribution in [0.5, 0.6) is 0 Å². The standard InChI is InChI=1S/C16H18FN5O6/c1-9(23)26-6-14-13(28-10(2)24)3-11(5-27-14)21-4-12(17)15(20-16(21)25)22-8-18-7-19-22/h4,7-8,11,13-14H,3,5-6H2,1-2H3/t11-,13-,14+/m0/s1. The monoisotopic (exact) mass is 395 g/mol. The van der Waals surface area contributed by atoms with E-state index in [1.807, 2.05) is 0 Å². The molecule has 150 valence electrons. The summed E-state index contributed by atoms with van der Waals surface area (Å²) in [5, 5.41) is 3.75. The first-order chi connectivity index (χ1) is 13.3. The van der Waals surface area contributed by atoms with Crippen LogP contribution in [0.3, 0.4) is 0 Å². The summed E-state index contributed by atoms with van der Waals surface area (Å²) in [7, 11) is 0. The summed E-state index contributed by atoms with van der Waals surface area (Å²) in [5.74, 6) is -2.12. The van der Waals surface area contributed by atoms with Gasteiger partial charge in [-0.15, -0.1) is 0 Å². The number of rotatable bonds is 5. The van der Waals surface area contributed by atoms with Gasteiger partial charge in [0.25, 0.3) is 0 Å². The Morgan fingerprint density at radius 1 is 1.36 bits per heavy atom. The summed E-state index contributed by atoms with van der Waals surface area (Å²) >= 11 is 0. The summed E-state index contributed by atoms with van der Waals surface area (Å²) in [4.78, 5) is 42.2. The minimum atomic E-state index is -0.781. The number of carbonyl (C=O) groups excluding carboxylic acids is 2. The van der Waals surface area contributed by atoms with Gasteiger partial charge >= 0.3 is 17.6 Å². The van der Waals surface area contributed by atoms with Crippen molar-refractivity contribution in [1.29, 1.82) is 0 Å². The quantitative estimate of drug-likeness (QED) is 0.632. The second-order valence-corrected chi connectivity index (χ2v) is 6.15. The highest BCUT2D eigenvalue weighted by Crippen LogP contribution is 2.26. The smallest absolute Gasteiger partial charge is 0.350 e. The van der Waals surface area contributed by atoms with Crippen molar-refractivity contribution in [1.82, 2.24) is 24.3 Å². The summed E-state index contributed by atoms with van der Waals surface area (Å²) in [6, 6.07) is -0.628. The first-order valence-corrected chi connectivity index (χ1v) is 8.41. The van der Waals surface area contributed by atoms with Gasteiger partial charge in [0.05, 0.1) is 12.6 Å². The van der Waals surface area contributed by atoms with Crippen molar-refractivity contribution in [2.75, 3.05) is 13.2 Å². The maximum Gasteiger partial charge on any atom is 0.350 e. The van der Waals surface area contributed by atoms with E-state index in [4.69, 9.17) is 14.2 Å². The normalized spacial score (nSPS) is 21.9. The Morgan fingerprint density at radius 3 is 2.79 bits per heavy atom. The predicted molar refractivity (Wildman–Crippen MR) is 89.0 cm³/mol. The van der Waals surface area contributed by atoms with Crippen LogP contribution >= 0.6 is 0 Å². The Labute approximate surface area is 158 Å². The molecule has 0 unspecified atom stereocenters. The largest absolute Gasteiger partial charge is 0.463 e. The Hall–Kier alpha value is -3.15. The highest BCUT2D eigenvalue weighted by atomic mass is 19.1. The number of hydrogen-bond donors (Lipinski definition) is 0. The van der Waals surface area contributed by atoms with Gasteiger partial charge in [0.15, 0.2) is 11.6 Å². The fourth-order valence-electron chi connectivity index (χ4n) is 2.89. The molecule has 1 saturated heterocycles. The van der Waals surface area contributed by atoms with Crippen molar-refractivity contribution in [2.45, 2.75) is 38.5 Å². The molecule has 1 fully saturated rings. The lowest BCUT2D eigenvalue weighted by molar-refractivity contribution is -0.174. The van der Waals surface area contributed by atoms with Crippen LogP contribution in [-0.2, 0) is 23.8 Å². The van der Waals surface area contributed by atoms with Crippen LogP contribution in [0.1, 0.15) is 26.3 Å². The lowest BCUT2D eigenvalue weighted by atomic mass is 10.0. The predicted octanol–water partition coefficient (Wildman–Crippen LogP) is -0.212. The van der Waals surface area contributed by atoms with E-state index in [1.165, 1.54) is 26.5 Å². The van der Waals surface area contributed by atoms with Gasteiger partial charge in [-0.05, 0) is 0 Å². The van der Waals surface area contributed by atoms with Crippen LogP contribution in [0.15, 0.2) is 23.6 Å². The molecule has 0 aliphatic carbocycles. The summed E-state index contributed by atoms with van der Waals surface area (Å²) in [6.07, 6.45) is 2.10. The topological polar surface area (TPSA) is 127 Å². The Balaban J connectivity index is 1.82. The molecule has 0 saturated carbocycles. The van der Waals surface area contributed by atoms with Gasteiger partial charge in [0.2, 0.25) is 0 Å². The van der Waals surface area contributed by atoms with Crippen LogP contribution in [0.4, 0.5) is 4.39 Å². The van der Waals surface area contributed by atoms with Gasteiger partial charge in [0.1, 0.15) is 31.5 Å². The number of ether oxygens (including phenoxy) is 3. The maximum atomic E-state index is 14.4. The minimum Gasteiger partial charge on any atom is -0.463 e. The average molecular weight is 395 g/mol. The van der Waals surface area contributed by atoms with E-state index in [2.05, 4.69) is 15.1 Å². The molecular formula is C16H18FN5O6. The number of carbonyl (C=O) groups is 2. The van der Waals surface area contributed by atoms with E-state index in [0.29, 0.717) is 0 Å². The SMILES string of the molecule is CC(=O)OC[C@H]1OC[C@@H](n2cc(F)c(-n3cncn3)nc2=O)C[C@@H]1OC(C)=O. The van der Waals surface area contributed by atoms with E-state index < -0.39 is 41.7 Å². The zero-order valence-electron chi connectivity index (χ0n) is 15.1. The molecule has 0 aromatic carbocycles. The first-order valence-electron chi connectivity index (χ1n) is 8.41. The van der Waals surface area contributed by atoms with Crippen LogP contribution < -0.4 is 5.69 Å². The molecule has 0 amide bonds. The van der Waals surface area contributed by atoms with Gasteiger partial charge in [0, 0.05) is 26.5 Å². The Morgan fingerprint density at radius 2 is 2.14 bits per heavy atom. The number of aromatic nitrogens is 5. The third-order valence-corrected chi connectivity index (χ3v) is 4.11. The molecular weight excluding hydrogens is 377 g/mol. The molecule has 2 aromatic rings. The Kier molecular flexibility index (Phi) is 5.78. The zero-order chi connectivity index (χ0) is 20.3. The number of esters is 2. The van der Waals surface area contributed by atoms with Crippen molar-refractivity contribution >= 4 is 11.9 Å². The van der Waals surface area contributed by atoms with E-state index in [0.717, 1.165) is 15.4 Å². The summed E-state index contributed by atoms with van der Waals surface area (Å²) in [6.45, 7) is 2.39. The molecule has 1 aliphatic heterocycles. The number of halogens is 1. The summed E-state index contributed by atoms with van der Waals surface area (Å²) in [5.41, 5.74) is -0.722. The fraction of sp³-hybridized carbons (Fsp3) is 0.500. The van der Waals surface area contributed by atoms with Gasteiger partial charge in [-0.1, -0.05) is 0 Å². The van der Waals surface area contributed by atoms with Crippen molar-refractivity contribution in [3.63, 3.8) is 0 Å². The van der Waals surface area contributed by atoms with Crippen molar-refractivity contribution in [3.05, 3.63) is 35.2 Å². The third kappa shape index (κ3) is 4.39. The molecule has 11 nitrogen and oxygen atoms in total. The van der Waals surface area contributed by atoms with Crippen LogP contribution in [0, 0.1) is 5.82 Å². The maximum absolute atomic E-state index is 14.4. The zero-order valence-corrected chi connectivity index (χ0v) is 15.1. The second kappa shape index (κ2) is 8.25. The van der Waals surface area contributed by atoms with Crippen molar-refractivity contribution in [2.24, 2.45) is 0 Å². The van der Waals surface area contributed by atoms with Crippen LogP contribution in [-0.4, -0.2) is 61.7 Å². The molecule has 12 heteroatoms. The molecule has 28 heavy (non-hydrogen) atoms. The molecule has 0 radical (unpaired) electrons. The van der Waals surface area contributed by atoms with Gasteiger partial charge in [-0.2, -0.15) is 14.8 Å². The second-order valence-electron chi connectivity index (χ2n) is 6.15. The van der Waals surface area contributed by atoms with Gasteiger partial charge in [-0.25, -0.2) is 14.2 Å². The lowest BCUT2D eigenvalue weighted by Crippen LogP contribution is -2.46.